The first-order valence-electron chi connectivity index (χ1n) is 6.04. The van der Waals surface area contributed by atoms with E-state index in [9.17, 15) is 4.79 Å². The largest absolute Gasteiger partial charge is 0.345 e. The van der Waals surface area contributed by atoms with Crippen molar-refractivity contribution in [2.45, 2.75) is 0 Å². The van der Waals surface area contributed by atoms with Crippen molar-refractivity contribution in [2.24, 2.45) is 0 Å². The van der Waals surface area contributed by atoms with E-state index in [0.717, 1.165) is 15.3 Å². The average molecular weight is 284 g/mol. The van der Waals surface area contributed by atoms with Crippen LogP contribution in [0.3, 0.4) is 0 Å². The number of carbonyl (C=O) groups is 1. The van der Waals surface area contributed by atoms with Crippen LogP contribution < -0.4 is 0 Å². The molecule has 3 aromatic rings. The Bertz CT molecular complexity index is 767. The Balaban J connectivity index is 2.06. The normalized spacial score (nSPS) is 10.7. The predicted octanol–water partition coefficient (Wildman–Crippen LogP) is 2.46. The monoisotopic (exact) mass is 284 g/mol. The number of hydrogen-bond acceptors (Lipinski definition) is 5. The zero-order valence-corrected chi connectivity index (χ0v) is 11.9. The molecule has 0 saturated heterocycles. The van der Waals surface area contributed by atoms with E-state index in [4.69, 9.17) is 0 Å². The first-order chi connectivity index (χ1) is 9.65. The molecule has 100 valence electrons. The summed E-state index contributed by atoms with van der Waals surface area (Å²) in [6, 6.07) is 5.66. The van der Waals surface area contributed by atoms with Crippen LogP contribution >= 0.6 is 11.3 Å². The molecule has 5 nitrogen and oxygen atoms in total. The highest BCUT2D eigenvalue weighted by molar-refractivity contribution is 7.21. The van der Waals surface area contributed by atoms with Gasteiger partial charge in [0.15, 0.2) is 5.65 Å². The molecule has 0 aromatic carbocycles. The maximum Gasteiger partial charge on any atom is 0.254 e. The minimum atomic E-state index is -0.0595. The molecule has 0 radical (unpaired) electrons. The van der Waals surface area contributed by atoms with Crippen molar-refractivity contribution in [3.05, 3.63) is 42.4 Å². The van der Waals surface area contributed by atoms with Crippen molar-refractivity contribution in [2.75, 3.05) is 14.1 Å². The molecule has 0 atom stereocenters. The van der Waals surface area contributed by atoms with Gasteiger partial charge in [-0.05, 0) is 18.2 Å². The van der Waals surface area contributed by atoms with Gasteiger partial charge in [0.2, 0.25) is 0 Å². The van der Waals surface area contributed by atoms with Gasteiger partial charge < -0.3 is 4.90 Å². The van der Waals surface area contributed by atoms with Crippen molar-refractivity contribution < 1.29 is 4.79 Å². The van der Waals surface area contributed by atoms with E-state index in [0.29, 0.717) is 11.2 Å². The molecule has 0 aliphatic carbocycles. The zero-order chi connectivity index (χ0) is 14.1. The Labute approximate surface area is 119 Å². The summed E-state index contributed by atoms with van der Waals surface area (Å²) in [6.45, 7) is 0. The number of fused-ring (bicyclic) bond motifs is 1. The van der Waals surface area contributed by atoms with Gasteiger partial charge in [0, 0.05) is 38.2 Å². The topological polar surface area (TPSA) is 59.0 Å². The van der Waals surface area contributed by atoms with Gasteiger partial charge in [-0.3, -0.25) is 9.78 Å². The van der Waals surface area contributed by atoms with E-state index in [-0.39, 0.29) is 5.91 Å². The summed E-state index contributed by atoms with van der Waals surface area (Å²) in [5.74, 6) is -0.0595. The van der Waals surface area contributed by atoms with Gasteiger partial charge in [-0.25, -0.2) is 9.97 Å². The number of nitrogens with zero attached hydrogens (tertiary/aromatic N) is 4. The fraction of sp³-hybridized carbons (Fsp3) is 0.143. The molecular weight excluding hydrogens is 272 g/mol. The molecule has 1 amide bonds. The first kappa shape index (κ1) is 12.7. The van der Waals surface area contributed by atoms with Gasteiger partial charge in [0.25, 0.3) is 5.91 Å². The number of pyridine rings is 2. The average Bonchev–Trinajstić information content (AvgIpc) is 2.90. The number of hydrogen-bond donors (Lipinski definition) is 0. The standard InChI is InChI=1S/C14H12N4OS/c1-18(2)14(19)10-6-11-12(16-8-10)17-13(20-11)9-4-3-5-15-7-9/h3-8H,1-2H3. The van der Waals surface area contributed by atoms with Gasteiger partial charge in [0.05, 0.1) is 10.3 Å². The smallest absolute Gasteiger partial charge is 0.254 e. The van der Waals surface area contributed by atoms with E-state index < -0.39 is 0 Å². The Hall–Kier alpha value is -2.34. The Kier molecular flexibility index (Phi) is 3.15. The molecule has 3 heterocycles. The lowest BCUT2D eigenvalue weighted by Gasteiger charge is -2.08. The lowest BCUT2D eigenvalue weighted by atomic mass is 10.2. The van der Waals surface area contributed by atoms with Crippen LogP contribution in [0.5, 0.6) is 0 Å². The molecule has 0 unspecified atom stereocenters. The van der Waals surface area contributed by atoms with E-state index in [1.165, 1.54) is 16.2 Å². The molecule has 6 heteroatoms. The van der Waals surface area contributed by atoms with Gasteiger partial charge in [-0.1, -0.05) is 0 Å². The van der Waals surface area contributed by atoms with E-state index in [1.807, 2.05) is 18.2 Å². The Morgan fingerprint density at radius 3 is 2.85 bits per heavy atom. The summed E-state index contributed by atoms with van der Waals surface area (Å²) >= 11 is 1.51. The fourth-order valence-electron chi connectivity index (χ4n) is 1.81. The predicted molar refractivity (Wildman–Crippen MR) is 78.7 cm³/mol. The molecule has 20 heavy (non-hydrogen) atoms. The molecule has 0 bridgehead atoms. The van der Waals surface area contributed by atoms with Crippen LogP contribution in [0.4, 0.5) is 0 Å². The van der Waals surface area contributed by atoms with E-state index in [2.05, 4.69) is 15.0 Å². The highest BCUT2D eigenvalue weighted by Gasteiger charge is 2.12. The summed E-state index contributed by atoms with van der Waals surface area (Å²) in [6.07, 6.45) is 5.06. The second-order valence-corrected chi connectivity index (χ2v) is 5.54. The van der Waals surface area contributed by atoms with E-state index >= 15 is 0 Å². The van der Waals surface area contributed by atoms with Crippen molar-refractivity contribution in [1.29, 1.82) is 0 Å². The fourth-order valence-corrected chi connectivity index (χ4v) is 2.76. The first-order valence-corrected chi connectivity index (χ1v) is 6.85. The van der Waals surface area contributed by atoms with Crippen LogP contribution in [0.2, 0.25) is 0 Å². The lowest BCUT2D eigenvalue weighted by Crippen LogP contribution is -2.21. The zero-order valence-electron chi connectivity index (χ0n) is 11.1. The Morgan fingerprint density at radius 2 is 2.15 bits per heavy atom. The minimum Gasteiger partial charge on any atom is -0.345 e. The van der Waals surface area contributed by atoms with E-state index in [1.54, 1.807) is 32.7 Å². The third-order valence-corrected chi connectivity index (χ3v) is 3.85. The van der Waals surface area contributed by atoms with Gasteiger partial charge in [0.1, 0.15) is 5.01 Å². The van der Waals surface area contributed by atoms with Crippen molar-refractivity contribution in [3.63, 3.8) is 0 Å². The molecule has 0 aliphatic rings. The number of aromatic nitrogens is 3. The number of amides is 1. The summed E-state index contributed by atoms with van der Waals surface area (Å²) in [5.41, 5.74) is 2.18. The summed E-state index contributed by atoms with van der Waals surface area (Å²) in [5, 5.41) is 0.857. The van der Waals surface area contributed by atoms with Gasteiger partial charge in [-0.15, -0.1) is 11.3 Å². The Morgan fingerprint density at radius 1 is 1.30 bits per heavy atom. The number of thiazole rings is 1. The molecule has 0 spiro atoms. The second-order valence-electron chi connectivity index (χ2n) is 4.51. The molecule has 0 fully saturated rings. The molecule has 3 aromatic heterocycles. The van der Waals surface area contributed by atoms with Crippen LogP contribution in [-0.2, 0) is 0 Å². The second kappa shape index (κ2) is 4.97. The lowest BCUT2D eigenvalue weighted by molar-refractivity contribution is 0.0827. The van der Waals surface area contributed by atoms with Crippen molar-refractivity contribution in [3.8, 4) is 10.6 Å². The van der Waals surface area contributed by atoms with Crippen LogP contribution in [0.1, 0.15) is 10.4 Å². The molecule has 0 saturated carbocycles. The van der Waals surface area contributed by atoms with Crippen molar-refractivity contribution in [1.82, 2.24) is 19.9 Å². The third-order valence-electron chi connectivity index (χ3n) is 2.81. The SMILES string of the molecule is CN(C)C(=O)c1cnc2nc(-c3cccnc3)sc2c1. The number of carbonyl (C=O) groups excluding carboxylic acids is 1. The van der Waals surface area contributed by atoms with Gasteiger partial charge >= 0.3 is 0 Å². The van der Waals surface area contributed by atoms with Crippen LogP contribution in [0.25, 0.3) is 20.9 Å². The summed E-state index contributed by atoms with van der Waals surface area (Å²) in [7, 11) is 3.44. The molecule has 0 N–H and O–H groups in total. The van der Waals surface area contributed by atoms with Crippen LogP contribution in [0, 0.1) is 0 Å². The molecule has 0 aliphatic heterocycles. The number of rotatable bonds is 2. The minimum absolute atomic E-state index is 0.0595. The van der Waals surface area contributed by atoms with Gasteiger partial charge in [-0.2, -0.15) is 0 Å². The highest BCUT2D eigenvalue weighted by Crippen LogP contribution is 2.29. The van der Waals surface area contributed by atoms with Crippen LogP contribution in [-0.4, -0.2) is 39.9 Å². The summed E-state index contributed by atoms with van der Waals surface area (Å²) in [4.78, 5) is 26.3. The molecular formula is C14H12N4OS. The maximum atomic E-state index is 11.9. The van der Waals surface area contributed by atoms with Crippen molar-refractivity contribution >= 4 is 27.6 Å². The quantitative estimate of drug-likeness (QED) is 0.725. The van der Waals surface area contributed by atoms with Crippen LogP contribution in [0.15, 0.2) is 36.8 Å². The maximum absolute atomic E-state index is 11.9. The molecule has 3 rings (SSSR count). The third kappa shape index (κ3) is 2.25. The highest BCUT2D eigenvalue weighted by atomic mass is 32.1. The summed E-state index contributed by atoms with van der Waals surface area (Å²) < 4.78 is 0.900.